The fourth-order valence-corrected chi connectivity index (χ4v) is 3.15. The highest BCUT2D eigenvalue weighted by Gasteiger charge is 2.31. The molecule has 0 atom stereocenters. The number of anilines is 2. The van der Waals surface area contributed by atoms with Gasteiger partial charge in [0.15, 0.2) is 0 Å². The van der Waals surface area contributed by atoms with E-state index < -0.39 is 11.7 Å². The van der Waals surface area contributed by atoms with Crippen LogP contribution in [0.25, 0.3) is 0 Å². The topological polar surface area (TPSA) is 59.4 Å². The van der Waals surface area contributed by atoms with Crippen LogP contribution >= 0.6 is 0 Å². The number of piperazine rings is 1. The molecule has 2 aromatic carbocycles. The van der Waals surface area contributed by atoms with E-state index in [-0.39, 0.29) is 18.0 Å². The minimum Gasteiger partial charge on any atom is -0.368 e. The number of rotatable bonds is 4. The summed E-state index contributed by atoms with van der Waals surface area (Å²) in [7, 11) is 0. The van der Waals surface area contributed by atoms with Crippen LogP contribution in [0.1, 0.15) is 11.1 Å². The van der Waals surface area contributed by atoms with Gasteiger partial charge in [-0.1, -0.05) is 18.2 Å². The molecular weight excluding hydrogens is 369 g/mol. The lowest BCUT2D eigenvalue weighted by atomic mass is 10.1. The summed E-state index contributed by atoms with van der Waals surface area (Å²) in [6.45, 7) is 2.44. The maximum absolute atomic E-state index is 12.8. The van der Waals surface area contributed by atoms with Crippen molar-refractivity contribution < 1.29 is 18.0 Å². The molecule has 1 amide bonds. The van der Waals surface area contributed by atoms with Crippen LogP contribution in [0.2, 0.25) is 0 Å². The van der Waals surface area contributed by atoms with Crippen LogP contribution in [0, 0.1) is 11.3 Å². The first-order valence-corrected chi connectivity index (χ1v) is 8.80. The summed E-state index contributed by atoms with van der Waals surface area (Å²) in [6.07, 6.45) is -4.48. The summed E-state index contributed by atoms with van der Waals surface area (Å²) < 4.78 is 38.5. The maximum atomic E-state index is 12.8. The first-order valence-electron chi connectivity index (χ1n) is 8.80. The molecule has 0 aliphatic carbocycles. The third-order valence-electron chi connectivity index (χ3n) is 4.58. The summed E-state index contributed by atoms with van der Waals surface area (Å²) in [6, 6.07) is 14.2. The van der Waals surface area contributed by atoms with E-state index in [4.69, 9.17) is 0 Å². The lowest BCUT2D eigenvalue weighted by Gasteiger charge is -2.36. The molecule has 1 saturated heterocycles. The molecule has 1 aliphatic heterocycles. The van der Waals surface area contributed by atoms with Gasteiger partial charge in [-0.3, -0.25) is 9.69 Å². The number of para-hydroxylation sites is 1. The molecule has 1 N–H and O–H groups in total. The molecule has 0 bridgehead atoms. The van der Waals surface area contributed by atoms with Gasteiger partial charge in [-0.25, -0.2) is 0 Å². The molecule has 3 rings (SSSR count). The molecule has 1 fully saturated rings. The molecule has 2 aromatic rings. The number of alkyl halides is 3. The van der Waals surface area contributed by atoms with Gasteiger partial charge >= 0.3 is 6.18 Å². The Balaban J connectivity index is 1.58. The number of halogens is 3. The van der Waals surface area contributed by atoms with Gasteiger partial charge in [0, 0.05) is 31.9 Å². The standard InChI is InChI=1S/C20H19F3N4O/c21-20(22,23)16-6-7-18(15(12-16)13-24)27-10-8-26(9-11-27)14-19(28)25-17-4-2-1-3-5-17/h1-7,12H,8-11,14H2,(H,25,28). The highest BCUT2D eigenvalue weighted by molar-refractivity contribution is 5.92. The van der Waals surface area contributed by atoms with Crippen molar-refractivity contribution in [3.63, 3.8) is 0 Å². The number of amides is 1. The zero-order chi connectivity index (χ0) is 20.1. The lowest BCUT2D eigenvalue weighted by Crippen LogP contribution is -2.48. The van der Waals surface area contributed by atoms with E-state index in [9.17, 15) is 23.2 Å². The molecule has 1 aliphatic rings. The van der Waals surface area contributed by atoms with Crippen molar-refractivity contribution in [2.24, 2.45) is 0 Å². The predicted molar refractivity (Wildman–Crippen MR) is 99.9 cm³/mol. The van der Waals surface area contributed by atoms with Crippen molar-refractivity contribution in [3.05, 3.63) is 59.7 Å². The molecular formula is C20H19F3N4O. The molecule has 0 saturated carbocycles. The molecule has 28 heavy (non-hydrogen) atoms. The van der Waals surface area contributed by atoms with Gasteiger partial charge in [-0.2, -0.15) is 18.4 Å². The zero-order valence-corrected chi connectivity index (χ0v) is 15.0. The molecule has 0 radical (unpaired) electrons. The smallest absolute Gasteiger partial charge is 0.368 e. The number of nitrogens with zero attached hydrogens (tertiary/aromatic N) is 3. The fraction of sp³-hybridized carbons (Fsp3) is 0.300. The maximum Gasteiger partial charge on any atom is 0.416 e. The Morgan fingerprint density at radius 2 is 1.75 bits per heavy atom. The third-order valence-corrected chi connectivity index (χ3v) is 4.58. The number of carbonyl (C=O) groups excluding carboxylic acids is 1. The number of carbonyl (C=O) groups is 1. The van der Waals surface area contributed by atoms with E-state index in [1.54, 1.807) is 0 Å². The molecule has 1 heterocycles. The SMILES string of the molecule is N#Cc1cc(C(F)(F)F)ccc1N1CCN(CC(=O)Nc2ccccc2)CC1. The van der Waals surface area contributed by atoms with Gasteiger partial charge in [0.1, 0.15) is 6.07 Å². The van der Waals surface area contributed by atoms with Crippen LogP contribution in [0.5, 0.6) is 0 Å². The van der Waals surface area contributed by atoms with Gasteiger partial charge in [-0.05, 0) is 30.3 Å². The monoisotopic (exact) mass is 388 g/mol. The van der Waals surface area contributed by atoms with Crippen LogP contribution in [0.15, 0.2) is 48.5 Å². The second-order valence-electron chi connectivity index (χ2n) is 6.52. The predicted octanol–water partition coefficient (Wildman–Crippen LogP) is 3.34. The molecule has 0 aromatic heterocycles. The van der Waals surface area contributed by atoms with Crippen molar-refractivity contribution in [1.29, 1.82) is 5.26 Å². The number of benzene rings is 2. The Bertz CT molecular complexity index is 869. The Morgan fingerprint density at radius 3 is 2.36 bits per heavy atom. The number of hydrogen-bond acceptors (Lipinski definition) is 4. The average molecular weight is 388 g/mol. The van der Waals surface area contributed by atoms with Crippen LogP contribution in [0.4, 0.5) is 24.5 Å². The summed E-state index contributed by atoms with van der Waals surface area (Å²) in [5, 5.41) is 12.1. The van der Waals surface area contributed by atoms with Crippen molar-refractivity contribution in [1.82, 2.24) is 4.90 Å². The Morgan fingerprint density at radius 1 is 1.07 bits per heavy atom. The Labute approximate surface area is 161 Å². The third kappa shape index (κ3) is 4.81. The summed E-state index contributed by atoms with van der Waals surface area (Å²) in [5.41, 5.74) is 0.396. The van der Waals surface area contributed by atoms with E-state index in [2.05, 4.69) is 5.32 Å². The second-order valence-corrected chi connectivity index (χ2v) is 6.52. The minimum atomic E-state index is -4.48. The van der Waals surface area contributed by atoms with Crippen molar-refractivity contribution in [2.45, 2.75) is 6.18 Å². The summed E-state index contributed by atoms with van der Waals surface area (Å²) >= 11 is 0. The van der Waals surface area contributed by atoms with Gasteiger partial charge in [0.05, 0.1) is 23.4 Å². The number of nitrogens with one attached hydrogen (secondary N) is 1. The van der Waals surface area contributed by atoms with Crippen molar-refractivity contribution >= 4 is 17.3 Å². The summed E-state index contributed by atoms with van der Waals surface area (Å²) in [4.78, 5) is 16.0. The lowest BCUT2D eigenvalue weighted by molar-refractivity contribution is -0.137. The van der Waals surface area contributed by atoms with E-state index in [0.717, 1.165) is 17.8 Å². The van der Waals surface area contributed by atoms with Gasteiger partial charge in [0.2, 0.25) is 5.91 Å². The second kappa shape index (κ2) is 8.31. The normalized spacial score (nSPS) is 15.1. The first kappa shape index (κ1) is 19.7. The molecule has 0 unspecified atom stereocenters. The summed E-state index contributed by atoms with van der Waals surface area (Å²) in [5.74, 6) is -0.119. The van der Waals surface area contributed by atoms with Gasteiger partial charge in [0.25, 0.3) is 0 Å². The van der Waals surface area contributed by atoms with Gasteiger partial charge < -0.3 is 10.2 Å². The Kier molecular flexibility index (Phi) is 5.85. The van der Waals surface area contributed by atoms with Crippen LogP contribution < -0.4 is 10.2 Å². The number of nitriles is 1. The highest BCUT2D eigenvalue weighted by atomic mass is 19.4. The molecule has 146 valence electrons. The van der Waals surface area contributed by atoms with E-state index in [0.29, 0.717) is 31.9 Å². The molecule has 5 nitrogen and oxygen atoms in total. The van der Waals surface area contributed by atoms with Crippen LogP contribution in [-0.4, -0.2) is 43.5 Å². The average Bonchev–Trinajstić information content (AvgIpc) is 2.68. The first-order chi connectivity index (χ1) is 13.4. The highest BCUT2D eigenvalue weighted by Crippen LogP contribution is 2.33. The van der Waals surface area contributed by atoms with Crippen molar-refractivity contribution in [2.75, 3.05) is 42.9 Å². The largest absolute Gasteiger partial charge is 0.416 e. The van der Waals surface area contributed by atoms with Crippen LogP contribution in [-0.2, 0) is 11.0 Å². The van der Waals surface area contributed by atoms with Gasteiger partial charge in [-0.15, -0.1) is 0 Å². The van der Waals surface area contributed by atoms with Crippen LogP contribution in [0.3, 0.4) is 0 Å². The van der Waals surface area contributed by atoms with Crippen molar-refractivity contribution in [3.8, 4) is 6.07 Å². The molecule has 8 heteroatoms. The minimum absolute atomic E-state index is 0.00472. The van der Waals surface area contributed by atoms with E-state index in [1.807, 2.05) is 46.2 Å². The van der Waals surface area contributed by atoms with E-state index >= 15 is 0 Å². The number of hydrogen-bond donors (Lipinski definition) is 1. The fourth-order valence-electron chi connectivity index (χ4n) is 3.15. The quantitative estimate of drug-likeness (QED) is 0.873. The van der Waals surface area contributed by atoms with E-state index in [1.165, 1.54) is 6.07 Å². The zero-order valence-electron chi connectivity index (χ0n) is 15.0. The Hall–Kier alpha value is -3.05. The molecule has 0 spiro atoms.